The lowest BCUT2D eigenvalue weighted by molar-refractivity contribution is 0.0136. The van der Waals surface area contributed by atoms with Crippen LogP contribution in [0, 0.1) is 5.92 Å². The number of anilines is 1. The Morgan fingerprint density at radius 2 is 2.10 bits per heavy atom. The van der Waals surface area contributed by atoms with Crippen LogP contribution in [-0.4, -0.2) is 41.9 Å². The molecule has 2 heterocycles. The van der Waals surface area contributed by atoms with E-state index < -0.39 is 24.2 Å². The second-order valence-corrected chi connectivity index (χ2v) is 4.85. The van der Waals surface area contributed by atoms with Crippen LogP contribution in [0.1, 0.15) is 12.5 Å². The SMILES string of the molecule is Nc1ncnc2c1ncn2[C@@H]1C[C@H](/C=C/F)[C@@H](O)[C@H]1O. The Kier molecular flexibility index (Phi) is 3.11. The largest absolute Gasteiger partial charge is 0.390 e. The molecule has 0 bridgehead atoms. The molecule has 1 fully saturated rings. The van der Waals surface area contributed by atoms with Crippen LogP contribution < -0.4 is 5.73 Å². The summed E-state index contributed by atoms with van der Waals surface area (Å²) in [6.45, 7) is 0. The Morgan fingerprint density at radius 3 is 2.85 bits per heavy atom. The van der Waals surface area contributed by atoms with Gasteiger partial charge in [-0.05, 0) is 6.42 Å². The maximum Gasteiger partial charge on any atom is 0.165 e. The van der Waals surface area contributed by atoms with Crippen molar-refractivity contribution in [3.63, 3.8) is 0 Å². The van der Waals surface area contributed by atoms with Gasteiger partial charge in [-0.15, -0.1) is 0 Å². The van der Waals surface area contributed by atoms with Crippen LogP contribution in [-0.2, 0) is 0 Å². The van der Waals surface area contributed by atoms with Gasteiger partial charge in [-0.3, -0.25) is 0 Å². The zero-order chi connectivity index (χ0) is 14.3. The normalized spacial score (nSPS) is 30.6. The van der Waals surface area contributed by atoms with Crippen LogP contribution in [0.2, 0.25) is 0 Å². The standard InChI is InChI=1S/C12H14FN5O2/c13-2-1-6-3-7(10(20)9(6)19)18-5-17-8-11(14)15-4-16-12(8)18/h1-2,4-7,9-10,19-20H,3H2,(H2,14,15,16)/b2-1+/t6-,7+,9+,10-/m0/s1. The summed E-state index contributed by atoms with van der Waals surface area (Å²) < 4.78 is 13.9. The van der Waals surface area contributed by atoms with E-state index in [1.54, 1.807) is 4.57 Å². The van der Waals surface area contributed by atoms with Gasteiger partial charge in [0, 0.05) is 5.92 Å². The first-order valence-corrected chi connectivity index (χ1v) is 6.19. The summed E-state index contributed by atoms with van der Waals surface area (Å²) in [6, 6.07) is -0.439. The molecule has 0 radical (unpaired) electrons. The number of aliphatic hydroxyl groups is 2. The fraction of sp³-hybridized carbons (Fsp3) is 0.417. The number of fused-ring (bicyclic) bond motifs is 1. The summed E-state index contributed by atoms with van der Waals surface area (Å²) in [5.74, 6) is -0.196. The van der Waals surface area contributed by atoms with E-state index in [-0.39, 0.29) is 5.82 Å². The van der Waals surface area contributed by atoms with Gasteiger partial charge in [-0.25, -0.2) is 19.3 Å². The number of aliphatic hydroxyl groups excluding tert-OH is 2. The highest BCUT2D eigenvalue weighted by Crippen LogP contribution is 2.37. The molecule has 3 rings (SSSR count). The van der Waals surface area contributed by atoms with Gasteiger partial charge in [0.25, 0.3) is 0 Å². The highest BCUT2D eigenvalue weighted by Gasteiger charge is 2.41. The predicted molar refractivity (Wildman–Crippen MR) is 69.1 cm³/mol. The number of nitrogen functional groups attached to an aromatic ring is 1. The van der Waals surface area contributed by atoms with Crippen molar-refractivity contribution in [2.75, 3.05) is 5.73 Å². The van der Waals surface area contributed by atoms with Crippen molar-refractivity contribution in [1.82, 2.24) is 19.5 Å². The first-order valence-electron chi connectivity index (χ1n) is 6.19. The van der Waals surface area contributed by atoms with Crippen LogP contribution in [0.4, 0.5) is 10.2 Å². The van der Waals surface area contributed by atoms with Gasteiger partial charge in [0.15, 0.2) is 11.5 Å². The summed E-state index contributed by atoms with van der Waals surface area (Å²) in [4.78, 5) is 12.1. The smallest absolute Gasteiger partial charge is 0.165 e. The summed E-state index contributed by atoms with van der Waals surface area (Å²) in [7, 11) is 0. The van der Waals surface area contributed by atoms with E-state index in [1.807, 2.05) is 0 Å². The van der Waals surface area contributed by atoms with Crippen LogP contribution in [0.5, 0.6) is 0 Å². The molecule has 0 spiro atoms. The predicted octanol–water partition coefficient (Wildman–Crippen LogP) is 0.174. The lowest BCUT2D eigenvalue weighted by atomic mass is 10.1. The highest BCUT2D eigenvalue weighted by atomic mass is 19.1. The maximum absolute atomic E-state index is 12.3. The van der Waals surface area contributed by atoms with Crippen molar-refractivity contribution >= 4 is 17.0 Å². The van der Waals surface area contributed by atoms with Crippen molar-refractivity contribution in [1.29, 1.82) is 0 Å². The molecule has 1 saturated carbocycles. The third kappa shape index (κ3) is 1.84. The minimum Gasteiger partial charge on any atom is -0.390 e. The zero-order valence-electron chi connectivity index (χ0n) is 10.5. The number of aromatic nitrogens is 4. The number of imidazole rings is 1. The lowest BCUT2D eigenvalue weighted by Crippen LogP contribution is -2.29. The van der Waals surface area contributed by atoms with E-state index in [1.165, 1.54) is 18.7 Å². The van der Waals surface area contributed by atoms with Crippen molar-refractivity contribution in [3.8, 4) is 0 Å². The molecular weight excluding hydrogens is 265 g/mol. The molecule has 0 saturated heterocycles. The number of hydrogen-bond donors (Lipinski definition) is 3. The quantitative estimate of drug-likeness (QED) is 0.723. The molecule has 0 unspecified atom stereocenters. The molecule has 1 aliphatic rings. The second-order valence-electron chi connectivity index (χ2n) is 4.85. The van der Waals surface area contributed by atoms with Crippen LogP contribution in [0.3, 0.4) is 0 Å². The Bertz CT molecular complexity index is 658. The van der Waals surface area contributed by atoms with E-state index in [9.17, 15) is 14.6 Å². The van der Waals surface area contributed by atoms with E-state index in [0.717, 1.165) is 0 Å². The Morgan fingerprint density at radius 1 is 1.30 bits per heavy atom. The first kappa shape index (κ1) is 12.9. The van der Waals surface area contributed by atoms with Gasteiger partial charge in [0.1, 0.15) is 17.9 Å². The molecule has 2 aromatic heterocycles. The molecule has 20 heavy (non-hydrogen) atoms. The first-order chi connectivity index (χ1) is 9.63. The van der Waals surface area contributed by atoms with Crippen LogP contribution >= 0.6 is 0 Å². The molecule has 1 aliphatic carbocycles. The summed E-state index contributed by atoms with van der Waals surface area (Å²) in [5, 5.41) is 20.1. The summed E-state index contributed by atoms with van der Waals surface area (Å²) in [5.41, 5.74) is 6.63. The van der Waals surface area contributed by atoms with Gasteiger partial charge in [0.05, 0.1) is 24.8 Å². The molecule has 4 N–H and O–H groups in total. The molecule has 106 valence electrons. The summed E-state index contributed by atoms with van der Waals surface area (Å²) in [6.07, 6.45) is 2.78. The van der Waals surface area contributed by atoms with Crippen molar-refractivity contribution < 1.29 is 14.6 Å². The Labute approximate surface area is 113 Å². The van der Waals surface area contributed by atoms with Crippen molar-refractivity contribution in [2.45, 2.75) is 24.7 Å². The molecule has 4 atom stereocenters. The molecule has 8 heteroatoms. The van der Waals surface area contributed by atoms with Crippen LogP contribution in [0.25, 0.3) is 11.2 Å². The molecule has 0 amide bonds. The van der Waals surface area contributed by atoms with Gasteiger partial charge >= 0.3 is 0 Å². The van der Waals surface area contributed by atoms with Gasteiger partial charge in [-0.1, -0.05) is 6.08 Å². The third-order valence-electron chi connectivity index (χ3n) is 3.76. The Hall–Kier alpha value is -2.06. The zero-order valence-corrected chi connectivity index (χ0v) is 10.5. The van der Waals surface area contributed by atoms with E-state index in [0.29, 0.717) is 23.9 Å². The number of halogens is 1. The fourth-order valence-electron chi connectivity index (χ4n) is 2.72. The van der Waals surface area contributed by atoms with Gasteiger partial charge in [0.2, 0.25) is 0 Å². The van der Waals surface area contributed by atoms with Crippen molar-refractivity contribution in [2.24, 2.45) is 5.92 Å². The summed E-state index contributed by atoms with van der Waals surface area (Å²) >= 11 is 0. The van der Waals surface area contributed by atoms with E-state index >= 15 is 0 Å². The molecule has 0 aliphatic heterocycles. The molecule has 0 aromatic carbocycles. The van der Waals surface area contributed by atoms with Crippen LogP contribution in [0.15, 0.2) is 25.1 Å². The number of nitrogens with zero attached hydrogens (tertiary/aromatic N) is 4. The Balaban J connectivity index is 2.02. The molecule has 2 aromatic rings. The van der Waals surface area contributed by atoms with Crippen molar-refractivity contribution in [3.05, 3.63) is 25.1 Å². The number of hydrogen-bond acceptors (Lipinski definition) is 6. The lowest BCUT2D eigenvalue weighted by Gasteiger charge is -2.18. The monoisotopic (exact) mass is 279 g/mol. The minimum atomic E-state index is -1.02. The number of rotatable bonds is 2. The highest BCUT2D eigenvalue weighted by molar-refractivity contribution is 5.81. The molecular formula is C12H14FN5O2. The number of nitrogens with two attached hydrogens (primary N) is 1. The fourth-order valence-corrected chi connectivity index (χ4v) is 2.72. The van der Waals surface area contributed by atoms with Gasteiger partial charge in [-0.2, -0.15) is 0 Å². The average molecular weight is 279 g/mol. The average Bonchev–Trinajstić information content (AvgIpc) is 2.97. The van der Waals surface area contributed by atoms with E-state index in [4.69, 9.17) is 5.73 Å². The van der Waals surface area contributed by atoms with E-state index in [2.05, 4.69) is 15.0 Å². The second kappa shape index (κ2) is 4.80. The third-order valence-corrected chi connectivity index (χ3v) is 3.76. The minimum absolute atomic E-state index is 0.252. The maximum atomic E-state index is 12.3. The van der Waals surface area contributed by atoms with Gasteiger partial charge < -0.3 is 20.5 Å². The topological polar surface area (TPSA) is 110 Å². The molecule has 7 nitrogen and oxygen atoms in total.